The van der Waals surface area contributed by atoms with Crippen molar-refractivity contribution in [2.24, 2.45) is 0 Å². The van der Waals surface area contributed by atoms with Crippen LogP contribution in [0.25, 0.3) is 0 Å². The van der Waals surface area contributed by atoms with Crippen molar-refractivity contribution >= 4 is 35.4 Å². The molecule has 0 saturated carbocycles. The number of aromatic nitrogens is 1. The third kappa shape index (κ3) is 5.74. The second kappa shape index (κ2) is 10.8. The van der Waals surface area contributed by atoms with Crippen LogP contribution in [0, 0.1) is 0 Å². The van der Waals surface area contributed by atoms with E-state index in [4.69, 9.17) is 9.84 Å². The molecule has 0 bridgehead atoms. The topological polar surface area (TPSA) is 109 Å². The molecule has 174 valence electrons. The summed E-state index contributed by atoms with van der Waals surface area (Å²) in [4.78, 5) is 42.9. The molecule has 2 amide bonds. The number of carbonyl (C=O) groups excluding carboxylic acids is 2. The molecule has 9 heteroatoms. The maximum Gasteiger partial charge on any atom is 0.412 e. The van der Waals surface area contributed by atoms with Gasteiger partial charge in [0.15, 0.2) is 0 Å². The number of amides is 2. The predicted molar refractivity (Wildman–Crippen MR) is 128 cm³/mol. The molecule has 3 aromatic rings. The van der Waals surface area contributed by atoms with Crippen LogP contribution in [0.4, 0.5) is 10.5 Å². The third-order valence-electron chi connectivity index (χ3n) is 5.26. The summed E-state index contributed by atoms with van der Waals surface area (Å²) in [6.07, 6.45) is 2.55. The highest BCUT2D eigenvalue weighted by molar-refractivity contribution is 7.99. The number of aliphatic carboxylic acids is 1. The molecular weight excluding hydrogens is 454 g/mol. The summed E-state index contributed by atoms with van der Waals surface area (Å²) in [5.74, 6) is -0.940. The van der Waals surface area contributed by atoms with Crippen LogP contribution in [0.5, 0.6) is 0 Å². The first-order valence-corrected chi connectivity index (χ1v) is 11.7. The third-order valence-corrected chi connectivity index (χ3v) is 6.58. The maximum atomic E-state index is 13.2. The molecule has 0 radical (unpaired) electrons. The van der Waals surface area contributed by atoms with Crippen LogP contribution in [-0.2, 0) is 27.4 Å². The van der Waals surface area contributed by atoms with E-state index < -0.39 is 23.5 Å². The van der Waals surface area contributed by atoms with E-state index in [-0.39, 0.29) is 18.9 Å². The quantitative estimate of drug-likeness (QED) is 0.527. The average Bonchev–Trinajstić information content (AvgIpc) is 3.29. The Morgan fingerprint density at radius 1 is 1.03 bits per heavy atom. The Bertz CT molecular complexity index is 1160. The Hall–Kier alpha value is -3.85. The van der Waals surface area contributed by atoms with Gasteiger partial charge in [-0.05, 0) is 41.0 Å². The molecule has 8 nitrogen and oxygen atoms in total. The number of carboxylic acids is 1. The summed E-state index contributed by atoms with van der Waals surface area (Å²) in [6.45, 7) is 0.0927. The number of nitrogens with zero attached hydrogens (tertiary/aromatic N) is 2. The first-order chi connectivity index (χ1) is 16.5. The van der Waals surface area contributed by atoms with Crippen LogP contribution in [-0.4, -0.2) is 44.8 Å². The van der Waals surface area contributed by atoms with Crippen LogP contribution in [0.3, 0.4) is 0 Å². The van der Waals surface area contributed by atoms with Gasteiger partial charge in [-0.2, -0.15) is 0 Å². The standard InChI is InChI=1S/C25H23N3O5S/c29-22(30)14-18-7-4-8-20(13-18)27-23(31)21-16-34-24(19-9-11-26-12-10-19)28(21)25(32)33-15-17-5-2-1-3-6-17/h1-13,21,24H,14-16H2,(H,27,31)(H,29,30). The van der Waals surface area contributed by atoms with Crippen molar-refractivity contribution < 1.29 is 24.2 Å². The van der Waals surface area contributed by atoms with Gasteiger partial charge < -0.3 is 15.2 Å². The Labute approximate surface area is 201 Å². The minimum Gasteiger partial charge on any atom is -0.481 e. The molecule has 34 heavy (non-hydrogen) atoms. The molecule has 2 heterocycles. The van der Waals surface area contributed by atoms with E-state index in [2.05, 4.69) is 10.3 Å². The maximum absolute atomic E-state index is 13.2. The van der Waals surface area contributed by atoms with Gasteiger partial charge in [0, 0.05) is 23.8 Å². The second-order valence-electron chi connectivity index (χ2n) is 7.69. The number of pyridine rings is 1. The number of ether oxygens (including phenoxy) is 1. The van der Waals surface area contributed by atoms with Gasteiger partial charge in [-0.25, -0.2) is 4.79 Å². The zero-order chi connectivity index (χ0) is 23.9. The normalized spacial score (nSPS) is 17.2. The van der Waals surface area contributed by atoms with Crippen molar-refractivity contribution in [1.82, 2.24) is 9.88 Å². The molecule has 2 aromatic carbocycles. The molecule has 2 N–H and O–H groups in total. The molecule has 1 aliphatic heterocycles. The number of benzene rings is 2. The number of anilines is 1. The van der Waals surface area contributed by atoms with Gasteiger partial charge in [0.25, 0.3) is 0 Å². The largest absolute Gasteiger partial charge is 0.481 e. The van der Waals surface area contributed by atoms with E-state index in [9.17, 15) is 14.4 Å². The van der Waals surface area contributed by atoms with Gasteiger partial charge in [0.2, 0.25) is 5.91 Å². The highest BCUT2D eigenvalue weighted by atomic mass is 32.2. The molecule has 1 saturated heterocycles. The second-order valence-corrected chi connectivity index (χ2v) is 8.80. The number of carboxylic acid groups (broad SMARTS) is 1. The van der Waals surface area contributed by atoms with E-state index in [1.54, 1.807) is 36.7 Å². The van der Waals surface area contributed by atoms with Gasteiger partial charge in [0.05, 0.1) is 6.42 Å². The lowest BCUT2D eigenvalue weighted by atomic mass is 10.1. The van der Waals surface area contributed by atoms with E-state index in [1.165, 1.54) is 16.7 Å². The Balaban J connectivity index is 1.53. The minimum atomic E-state index is -0.955. The lowest BCUT2D eigenvalue weighted by Crippen LogP contribution is -2.45. The number of nitrogens with one attached hydrogen (secondary N) is 1. The molecule has 2 atom stereocenters. The van der Waals surface area contributed by atoms with Crippen molar-refractivity contribution in [3.05, 3.63) is 95.8 Å². The van der Waals surface area contributed by atoms with Crippen LogP contribution < -0.4 is 5.32 Å². The summed E-state index contributed by atoms with van der Waals surface area (Å²) in [7, 11) is 0. The first-order valence-electron chi connectivity index (χ1n) is 10.6. The number of hydrogen-bond donors (Lipinski definition) is 2. The van der Waals surface area contributed by atoms with Crippen molar-refractivity contribution in [2.75, 3.05) is 11.1 Å². The van der Waals surface area contributed by atoms with E-state index in [1.807, 2.05) is 42.5 Å². The van der Waals surface area contributed by atoms with Crippen molar-refractivity contribution in [2.45, 2.75) is 24.4 Å². The zero-order valence-corrected chi connectivity index (χ0v) is 19.0. The highest BCUT2D eigenvalue weighted by Gasteiger charge is 2.43. The van der Waals surface area contributed by atoms with Crippen LogP contribution in [0.15, 0.2) is 79.1 Å². The summed E-state index contributed by atoms with van der Waals surface area (Å²) < 4.78 is 5.57. The fourth-order valence-corrected chi connectivity index (χ4v) is 5.09. The summed E-state index contributed by atoms with van der Waals surface area (Å²) in [5.41, 5.74) is 2.73. The number of rotatable bonds is 7. The predicted octanol–water partition coefficient (Wildman–Crippen LogP) is 4.10. The Morgan fingerprint density at radius 2 is 1.76 bits per heavy atom. The minimum absolute atomic E-state index is 0.0927. The zero-order valence-electron chi connectivity index (χ0n) is 18.2. The monoisotopic (exact) mass is 477 g/mol. The molecule has 0 spiro atoms. The number of thioether (sulfide) groups is 1. The molecule has 1 aliphatic rings. The summed E-state index contributed by atoms with van der Waals surface area (Å²) in [6, 6.07) is 18.9. The summed E-state index contributed by atoms with van der Waals surface area (Å²) in [5, 5.41) is 11.4. The van der Waals surface area contributed by atoms with Gasteiger partial charge in [-0.3, -0.25) is 19.5 Å². The molecule has 1 fully saturated rings. The number of carbonyl (C=O) groups is 3. The van der Waals surface area contributed by atoms with E-state index in [0.29, 0.717) is 17.0 Å². The van der Waals surface area contributed by atoms with Crippen molar-refractivity contribution in [3.8, 4) is 0 Å². The van der Waals surface area contributed by atoms with Crippen LogP contribution in [0.1, 0.15) is 22.1 Å². The summed E-state index contributed by atoms with van der Waals surface area (Å²) >= 11 is 1.47. The highest BCUT2D eigenvalue weighted by Crippen LogP contribution is 2.42. The van der Waals surface area contributed by atoms with Gasteiger partial charge in [0.1, 0.15) is 18.0 Å². The van der Waals surface area contributed by atoms with Crippen LogP contribution >= 0.6 is 11.8 Å². The molecule has 4 rings (SSSR count). The lowest BCUT2D eigenvalue weighted by molar-refractivity contribution is -0.136. The van der Waals surface area contributed by atoms with E-state index >= 15 is 0 Å². The van der Waals surface area contributed by atoms with Gasteiger partial charge in [-0.15, -0.1) is 11.8 Å². The fourth-order valence-electron chi connectivity index (χ4n) is 3.67. The van der Waals surface area contributed by atoms with Gasteiger partial charge in [-0.1, -0.05) is 42.5 Å². The van der Waals surface area contributed by atoms with Crippen molar-refractivity contribution in [3.63, 3.8) is 0 Å². The molecule has 0 aliphatic carbocycles. The molecule has 2 unspecified atom stereocenters. The smallest absolute Gasteiger partial charge is 0.412 e. The molecule has 1 aromatic heterocycles. The fraction of sp³-hybridized carbons (Fsp3) is 0.200. The number of hydrogen-bond acceptors (Lipinski definition) is 6. The molecular formula is C25H23N3O5S. The lowest BCUT2D eigenvalue weighted by Gasteiger charge is -2.28. The average molecular weight is 478 g/mol. The van der Waals surface area contributed by atoms with E-state index in [0.717, 1.165) is 11.1 Å². The Kier molecular flexibility index (Phi) is 7.44. The SMILES string of the molecule is O=C(O)Cc1cccc(NC(=O)C2CSC(c3ccncc3)N2C(=O)OCc2ccccc2)c1. The van der Waals surface area contributed by atoms with Crippen LogP contribution in [0.2, 0.25) is 0 Å². The van der Waals surface area contributed by atoms with Gasteiger partial charge >= 0.3 is 12.1 Å². The Morgan fingerprint density at radius 3 is 2.50 bits per heavy atom. The van der Waals surface area contributed by atoms with Crippen molar-refractivity contribution in [1.29, 1.82) is 0 Å². The first kappa shape index (κ1) is 23.3.